The van der Waals surface area contributed by atoms with Crippen molar-refractivity contribution < 1.29 is 9.59 Å². The van der Waals surface area contributed by atoms with Crippen molar-refractivity contribution in [1.82, 2.24) is 14.2 Å². The molecule has 34 heavy (non-hydrogen) atoms. The van der Waals surface area contributed by atoms with Gasteiger partial charge in [-0.15, -0.1) is 0 Å². The molecule has 2 amide bonds. The first-order valence-corrected chi connectivity index (χ1v) is 13.2. The van der Waals surface area contributed by atoms with Gasteiger partial charge in [-0.2, -0.15) is 4.37 Å². The van der Waals surface area contributed by atoms with Gasteiger partial charge in [-0.05, 0) is 54.6 Å². The zero-order valence-electron chi connectivity index (χ0n) is 19.8. The van der Waals surface area contributed by atoms with E-state index in [0.717, 1.165) is 57.8 Å². The number of anilines is 1. The van der Waals surface area contributed by atoms with Crippen LogP contribution < -0.4 is 4.90 Å². The molecular formula is C27H32N4O2S. The number of carbonyl (C=O) groups excluding carboxylic acids is 2. The molecule has 0 bridgehead atoms. The van der Waals surface area contributed by atoms with Gasteiger partial charge in [-0.1, -0.05) is 44.0 Å². The van der Waals surface area contributed by atoms with Crippen molar-refractivity contribution in [2.45, 2.75) is 32.6 Å². The fraction of sp³-hybridized carbons (Fsp3) is 0.444. The first-order chi connectivity index (χ1) is 16.6. The van der Waals surface area contributed by atoms with Crippen LogP contribution in [0.2, 0.25) is 0 Å². The Kier molecular flexibility index (Phi) is 6.92. The average molecular weight is 477 g/mol. The smallest absolute Gasteiger partial charge is 0.261 e. The van der Waals surface area contributed by atoms with E-state index in [1.807, 2.05) is 12.1 Å². The molecule has 178 valence electrons. The molecule has 3 aromatic rings. The molecule has 2 aliphatic heterocycles. The van der Waals surface area contributed by atoms with Crippen LogP contribution in [0.3, 0.4) is 0 Å². The Labute approximate surface area is 205 Å². The number of benzene rings is 2. The van der Waals surface area contributed by atoms with E-state index in [9.17, 15) is 9.59 Å². The highest BCUT2D eigenvalue weighted by Gasteiger charge is 2.34. The summed E-state index contributed by atoms with van der Waals surface area (Å²) < 4.78 is 5.98. The molecule has 1 atom stereocenters. The minimum absolute atomic E-state index is 0.140. The van der Waals surface area contributed by atoms with Gasteiger partial charge in [0.15, 0.2) is 0 Å². The first kappa shape index (κ1) is 23.0. The predicted molar refractivity (Wildman–Crippen MR) is 138 cm³/mol. The number of amides is 2. The summed E-state index contributed by atoms with van der Waals surface area (Å²) in [5, 5.41) is 1.27. The summed E-state index contributed by atoms with van der Waals surface area (Å²) >= 11 is 1.59. The third-order valence-corrected chi connectivity index (χ3v) is 7.87. The summed E-state index contributed by atoms with van der Waals surface area (Å²) in [5.41, 5.74) is 1.09. The minimum atomic E-state index is -0.140. The first-order valence-electron chi connectivity index (χ1n) is 12.4. The van der Waals surface area contributed by atoms with Crippen LogP contribution in [-0.2, 0) is 0 Å². The van der Waals surface area contributed by atoms with E-state index in [2.05, 4.69) is 41.0 Å². The Morgan fingerprint density at radius 1 is 0.882 bits per heavy atom. The van der Waals surface area contributed by atoms with Crippen molar-refractivity contribution in [1.29, 1.82) is 0 Å². The highest BCUT2D eigenvalue weighted by Crippen LogP contribution is 2.30. The van der Waals surface area contributed by atoms with E-state index in [1.54, 1.807) is 23.7 Å². The molecule has 0 aliphatic carbocycles. The lowest BCUT2D eigenvalue weighted by Crippen LogP contribution is -2.47. The van der Waals surface area contributed by atoms with Gasteiger partial charge in [0.1, 0.15) is 5.82 Å². The summed E-state index contributed by atoms with van der Waals surface area (Å²) in [4.78, 5) is 31.3. The van der Waals surface area contributed by atoms with Crippen molar-refractivity contribution >= 4 is 39.3 Å². The summed E-state index contributed by atoms with van der Waals surface area (Å²) in [6.45, 7) is 8.20. The number of rotatable bonds is 9. The maximum Gasteiger partial charge on any atom is 0.261 e. The number of hydrogen-bond acceptors (Lipinski definition) is 6. The molecule has 6 nitrogen and oxygen atoms in total. The second-order valence-corrected chi connectivity index (χ2v) is 10.4. The van der Waals surface area contributed by atoms with Gasteiger partial charge < -0.3 is 4.90 Å². The van der Waals surface area contributed by atoms with Crippen LogP contribution in [0.4, 0.5) is 5.82 Å². The van der Waals surface area contributed by atoms with Crippen LogP contribution >= 0.6 is 11.5 Å². The molecule has 0 spiro atoms. The quantitative estimate of drug-likeness (QED) is 0.324. The van der Waals surface area contributed by atoms with Crippen LogP contribution in [0.15, 0.2) is 48.5 Å². The van der Waals surface area contributed by atoms with E-state index in [0.29, 0.717) is 23.6 Å². The number of piperazine rings is 1. The molecule has 1 aromatic heterocycles. The largest absolute Gasteiger partial charge is 0.353 e. The van der Waals surface area contributed by atoms with Crippen molar-refractivity contribution in [2.24, 2.45) is 5.92 Å². The number of hydrogen-bond donors (Lipinski definition) is 0. The zero-order valence-corrected chi connectivity index (χ0v) is 20.6. The lowest BCUT2D eigenvalue weighted by atomic mass is 10.0. The summed E-state index contributed by atoms with van der Waals surface area (Å²) in [6.07, 6.45) is 4.23. The summed E-state index contributed by atoms with van der Waals surface area (Å²) in [6, 6.07) is 15.6. The lowest BCUT2D eigenvalue weighted by molar-refractivity contribution is 0.0651. The second-order valence-electron chi connectivity index (χ2n) is 9.55. The van der Waals surface area contributed by atoms with Crippen LogP contribution in [-0.4, -0.2) is 65.3 Å². The van der Waals surface area contributed by atoms with E-state index in [-0.39, 0.29) is 11.8 Å². The number of nitrogens with zero attached hydrogens (tertiary/aromatic N) is 4. The van der Waals surface area contributed by atoms with Crippen molar-refractivity contribution in [2.75, 3.05) is 44.2 Å². The highest BCUT2D eigenvalue weighted by molar-refractivity contribution is 7.13. The van der Waals surface area contributed by atoms with Gasteiger partial charge in [0, 0.05) is 44.7 Å². The third-order valence-electron chi connectivity index (χ3n) is 7.06. The Hall–Kier alpha value is -2.77. The molecule has 0 unspecified atom stereocenters. The van der Waals surface area contributed by atoms with E-state index in [1.165, 1.54) is 21.4 Å². The number of aromatic nitrogens is 1. The standard InChI is InChI=1S/C27H32N4O2S/c1-20(9-3-2-8-14-31-26(32)21-10-4-5-11-22(21)27(31)33)19-29-15-17-30(18-16-29)25-23-12-6-7-13-24(23)34-28-25/h4-7,10-13,20H,2-3,8-9,14-19H2,1H3/t20-/m1/s1. The maximum atomic E-state index is 12.5. The van der Waals surface area contributed by atoms with Crippen molar-refractivity contribution in [3.8, 4) is 0 Å². The van der Waals surface area contributed by atoms with Gasteiger partial charge in [0.05, 0.1) is 15.8 Å². The van der Waals surface area contributed by atoms with Gasteiger partial charge in [-0.25, -0.2) is 0 Å². The van der Waals surface area contributed by atoms with Gasteiger partial charge in [-0.3, -0.25) is 19.4 Å². The fourth-order valence-electron chi connectivity index (χ4n) is 5.16. The zero-order chi connectivity index (χ0) is 23.5. The third kappa shape index (κ3) is 4.72. The molecule has 1 fully saturated rings. The van der Waals surface area contributed by atoms with E-state index in [4.69, 9.17) is 4.37 Å². The molecule has 0 saturated carbocycles. The summed E-state index contributed by atoms with van der Waals surface area (Å²) in [5.74, 6) is 1.51. The maximum absolute atomic E-state index is 12.5. The molecular weight excluding hydrogens is 444 g/mol. The van der Waals surface area contributed by atoms with Gasteiger partial charge in [0.25, 0.3) is 11.8 Å². The van der Waals surface area contributed by atoms with E-state index < -0.39 is 0 Å². The molecule has 1 saturated heterocycles. The Morgan fingerprint density at radius 2 is 1.56 bits per heavy atom. The Balaban J connectivity index is 0.999. The van der Waals surface area contributed by atoms with Crippen LogP contribution in [0, 0.1) is 5.92 Å². The lowest BCUT2D eigenvalue weighted by Gasteiger charge is -2.36. The highest BCUT2D eigenvalue weighted by atomic mass is 32.1. The number of unbranched alkanes of at least 4 members (excludes halogenated alkanes) is 2. The molecule has 5 rings (SSSR count). The number of carbonyl (C=O) groups is 2. The Morgan fingerprint density at radius 3 is 2.29 bits per heavy atom. The molecule has 2 aliphatic rings. The Bertz CT molecular complexity index is 1130. The fourth-order valence-corrected chi connectivity index (χ4v) is 5.95. The van der Waals surface area contributed by atoms with Crippen LogP contribution in [0.25, 0.3) is 10.1 Å². The van der Waals surface area contributed by atoms with E-state index >= 15 is 0 Å². The van der Waals surface area contributed by atoms with Crippen molar-refractivity contribution in [3.63, 3.8) is 0 Å². The SMILES string of the molecule is C[C@H](CCCCCN1C(=O)c2ccccc2C1=O)CN1CCN(c2nsc3ccccc23)CC1. The van der Waals surface area contributed by atoms with Crippen molar-refractivity contribution in [3.05, 3.63) is 59.7 Å². The topological polar surface area (TPSA) is 56.8 Å². The molecule has 2 aromatic carbocycles. The molecule has 0 radical (unpaired) electrons. The predicted octanol–water partition coefficient (Wildman–Crippen LogP) is 4.91. The number of fused-ring (bicyclic) bond motifs is 2. The van der Waals surface area contributed by atoms with Gasteiger partial charge in [0.2, 0.25) is 0 Å². The monoisotopic (exact) mass is 476 g/mol. The minimum Gasteiger partial charge on any atom is -0.353 e. The average Bonchev–Trinajstić information content (AvgIpc) is 3.39. The number of imide groups is 1. The van der Waals surface area contributed by atoms with Crippen LogP contribution in [0.5, 0.6) is 0 Å². The molecule has 0 N–H and O–H groups in total. The van der Waals surface area contributed by atoms with Crippen LogP contribution in [0.1, 0.15) is 53.3 Å². The molecule has 3 heterocycles. The second kappa shape index (κ2) is 10.2. The normalized spacial score (nSPS) is 17.6. The van der Waals surface area contributed by atoms with Gasteiger partial charge >= 0.3 is 0 Å². The molecule has 7 heteroatoms. The summed E-state index contributed by atoms with van der Waals surface area (Å²) in [7, 11) is 0.